The van der Waals surface area contributed by atoms with Crippen molar-refractivity contribution in [1.29, 1.82) is 0 Å². The van der Waals surface area contributed by atoms with E-state index in [4.69, 9.17) is 14.6 Å². The molecule has 5 rings (SSSR count). The third-order valence-corrected chi connectivity index (χ3v) is 8.45. The van der Waals surface area contributed by atoms with Crippen molar-refractivity contribution in [2.24, 2.45) is 0 Å². The quantitative estimate of drug-likeness (QED) is 0.749. The number of ether oxygens (including phenoxy) is 2. The van der Waals surface area contributed by atoms with Crippen LogP contribution in [-0.2, 0) is 9.47 Å². The maximum absolute atomic E-state index is 13.1. The second-order valence-corrected chi connectivity index (χ2v) is 10.9. The van der Waals surface area contributed by atoms with Crippen molar-refractivity contribution >= 4 is 27.5 Å². The fraction of sp³-hybridized carbons (Fsp3) is 0.750. The summed E-state index contributed by atoms with van der Waals surface area (Å²) in [6.07, 6.45) is 6.99. The highest BCUT2D eigenvalue weighted by atomic mass is 32.1. The van der Waals surface area contributed by atoms with Gasteiger partial charge in [0.1, 0.15) is 4.83 Å². The molecule has 2 aliphatic heterocycles. The van der Waals surface area contributed by atoms with Crippen LogP contribution < -0.4 is 5.32 Å². The van der Waals surface area contributed by atoms with Crippen LogP contribution in [0.2, 0.25) is 0 Å². The molecule has 0 spiro atoms. The lowest BCUT2D eigenvalue weighted by molar-refractivity contribution is -0.0845. The average molecular weight is 461 g/mol. The second-order valence-electron chi connectivity index (χ2n) is 9.89. The molecular formula is C24H36N4O3S. The number of hydrogen-bond acceptors (Lipinski definition) is 6. The van der Waals surface area contributed by atoms with Gasteiger partial charge >= 0.3 is 0 Å². The number of thiophene rings is 1. The maximum atomic E-state index is 13.1. The molecule has 1 N–H and O–H groups in total. The van der Waals surface area contributed by atoms with Crippen molar-refractivity contribution in [2.75, 3.05) is 26.3 Å². The maximum Gasteiger partial charge on any atom is 0.261 e. The van der Waals surface area contributed by atoms with Crippen molar-refractivity contribution in [3.8, 4) is 0 Å². The molecule has 1 amide bonds. The van der Waals surface area contributed by atoms with Gasteiger partial charge in [0.2, 0.25) is 0 Å². The molecule has 32 heavy (non-hydrogen) atoms. The van der Waals surface area contributed by atoms with E-state index < -0.39 is 0 Å². The van der Waals surface area contributed by atoms with Crippen LogP contribution in [-0.4, -0.2) is 71.2 Å². The van der Waals surface area contributed by atoms with Gasteiger partial charge in [0, 0.05) is 43.8 Å². The van der Waals surface area contributed by atoms with Gasteiger partial charge in [-0.2, -0.15) is 5.10 Å². The average Bonchev–Trinajstić information content (AvgIpc) is 3.35. The molecule has 1 saturated carbocycles. The monoisotopic (exact) mass is 460 g/mol. The van der Waals surface area contributed by atoms with E-state index in [1.165, 1.54) is 0 Å². The van der Waals surface area contributed by atoms with E-state index >= 15 is 0 Å². The predicted octanol–water partition coefficient (Wildman–Crippen LogP) is 3.91. The number of amides is 1. The second kappa shape index (κ2) is 9.41. The minimum atomic E-state index is 0.0706. The molecule has 2 aromatic heterocycles. The summed E-state index contributed by atoms with van der Waals surface area (Å²) >= 11 is 1.58. The van der Waals surface area contributed by atoms with Crippen LogP contribution in [0.15, 0.2) is 6.07 Å². The first kappa shape index (κ1) is 22.3. The topological polar surface area (TPSA) is 68.6 Å². The number of morpholine rings is 1. The van der Waals surface area contributed by atoms with Gasteiger partial charge in [0.05, 0.1) is 28.8 Å². The summed E-state index contributed by atoms with van der Waals surface area (Å²) in [4.78, 5) is 17.6. The number of aryl methyl sites for hydroxylation is 1. The lowest BCUT2D eigenvalue weighted by Gasteiger charge is -2.42. The van der Waals surface area contributed by atoms with Crippen LogP contribution in [0.5, 0.6) is 0 Å². The van der Waals surface area contributed by atoms with Crippen LogP contribution in [0.1, 0.15) is 73.8 Å². The van der Waals surface area contributed by atoms with Gasteiger partial charge in [-0.1, -0.05) is 0 Å². The molecule has 3 fully saturated rings. The Morgan fingerprint density at radius 3 is 2.44 bits per heavy atom. The van der Waals surface area contributed by atoms with Gasteiger partial charge in [-0.25, -0.2) is 0 Å². The summed E-state index contributed by atoms with van der Waals surface area (Å²) in [5.41, 5.74) is 1.01. The normalized spacial score (nSPS) is 30.6. The smallest absolute Gasteiger partial charge is 0.261 e. The van der Waals surface area contributed by atoms with Crippen molar-refractivity contribution in [2.45, 2.75) is 89.6 Å². The molecule has 7 nitrogen and oxygen atoms in total. The van der Waals surface area contributed by atoms with E-state index in [9.17, 15) is 4.79 Å². The van der Waals surface area contributed by atoms with Crippen LogP contribution in [0.3, 0.4) is 0 Å². The first-order chi connectivity index (χ1) is 15.5. The molecule has 176 valence electrons. The molecule has 0 aromatic carbocycles. The summed E-state index contributed by atoms with van der Waals surface area (Å²) < 4.78 is 13.6. The zero-order valence-corrected chi connectivity index (χ0v) is 20.3. The van der Waals surface area contributed by atoms with E-state index in [1.807, 2.05) is 13.0 Å². The molecule has 4 heterocycles. The van der Waals surface area contributed by atoms with Gasteiger partial charge in [-0.3, -0.25) is 14.4 Å². The molecule has 2 saturated heterocycles. The number of nitrogens with zero attached hydrogens (tertiary/aromatic N) is 3. The van der Waals surface area contributed by atoms with Gasteiger partial charge in [-0.15, -0.1) is 11.3 Å². The molecule has 0 unspecified atom stereocenters. The van der Waals surface area contributed by atoms with Gasteiger partial charge in [0.25, 0.3) is 5.91 Å². The molecule has 8 heteroatoms. The Kier molecular flexibility index (Phi) is 6.56. The zero-order chi connectivity index (χ0) is 22.2. The van der Waals surface area contributed by atoms with Gasteiger partial charge < -0.3 is 14.8 Å². The molecule has 2 atom stereocenters. The molecule has 2 aromatic rings. The molecule has 3 aliphatic rings. The lowest BCUT2D eigenvalue weighted by atomic mass is 9.89. The largest absolute Gasteiger partial charge is 0.381 e. The Bertz CT molecular complexity index is 933. The van der Waals surface area contributed by atoms with Crippen LogP contribution in [0.25, 0.3) is 10.2 Å². The highest BCUT2D eigenvalue weighted by Crippen LogP contribution is 2.33. The summed E-state index contributed by atoms with van der Waals surface area (Å²) in [5.74, 6) is 0.0706. The number of nitrogens with one attached hydrogen (secondary N) is 1. The number of aromatic nitrogens is 2. The van der Waals surface area contributed by atoms with Crippen LogP contribution >= 0.6 is 11.3 Å². The highest BCUT2D eigenvalue weighted by Gasteiger charge is 2.32. The van der Waals surface area contributed by atoms with Gasteiger partial charge in [0.15, 0.2) is 0 Å². The minimum Gasteiger partial charge on any atom is -0.381 e. The van der Waals surface area contributed by atoms with E-state index in [2.05, 4.69) is 28.7 Å². The number of carbonyl (C=O) groups excluding carboxylic acids is 1. The zero-order valence-electron chi connectivity index (χ0n) is 19.5. The van der Waals surface area contributed by atoms with E-state index in [-0.39, 0.29) is 11.9 Å². The van der Waals surface area contributed by atoms with Crippen molar-refractivity contribution in [3.05, 3.63) is 16.6 Å². The van der Waals surface area contributed by atoms with Crippen LogP contribution in [0.4, 0.5) is 0 Å². The fourth-order valence-electron chi connectivity index (χ4n) is 5.72. The summed E-state index contributed by atoms with van der Waals surface area (Å²) in [7, 11) is 0. The van der Waals surface area contributed by atoms with Crippen LogP contribution in [0, 0.1) is 6.92 Å². The predicted molar refractivity (Wildman–Crippen MR) is 127 cm³/mol. The Morgan fingerprint density at radius 2 is 1.75 bits per heavy atom. The van der Waals surface area contributed by atoms with Crippen molar-refractivity contribution in [1.82, 2.24) is 20.0 Å². The summed E-state index contributed by atoms with van der Waals surface area (Å²) in [6, 6.07) is 3.30. The molecule has 0 radical (unpaired) electrons. The highest BCUT2D eigenvalue weighted by molar-refractivity contribution is 7.20. The van der Waals surface area contributed by atoms with Gasteiger partial charge in [-0.05, 0) is 65.4 Å². The van der Waals surface area contributed by atoms with Crippen molar-refractivity contribution < 1.29 is 14.3 Å². The lowest BCUT2D eigenvalue weighted by Crippen LogP contribution is -2.52. The standard InChI is InChI=1S/C24H36N4O3S/c1-15-13-27(14-16(2)31-15)19-6-4-18(5-7-19)25-23(29)22-12-21-17(3)26-28(24(21)32-22)20-8-10-30-11-9-20/h12,15-16,18-20H,4-11,13-14H2,1-3H3,(H,25,29)/t15-,16+,18-,19+. The SMILES string of the molecule is Cc1nn(C2CCOCC2)c2sc(C(=O)N[C@H]3CC[C@@H](N4C[C@@H](C)O[C@@H](C)C4)CC3)cc12. The number of carbonyl (C=O) groups is 1. The number of hydrogen-bond donors (Lipinski definition) is 1. The Morgan fingerprint density at radius 1 is 1.06 bits per heavy atom. The first-order valence-corrected chi connectivity index (χ1v) is 13.1. The Balaban J connectivity index is 1.20. The van der Waals surface area contributed by atoms with Crippen molar-refractivity contribution in [3.63, 3.8) is 0 Å². The minimum absolute atomic E-state index is 0.0706. The summed E-state index contributed by atoms with van der Waals surface area (Å²) in [5, 5.41) is 9.22. The van der Waals surface area contributed by atoms with E-state index in [0.717, 1.165) is 85.6 Å². The Hall–Kier alpha value is -1.48. The summed E-state index contributed by atoms with van der Waals surface area (Å²) in [6.45, 7) is 10.0. The Labute approximate surface area is 194 Å². The third-order valence-electron chi connectivity index (χ3n) is 7.32. The fourth-order valence-corrected chi connectivity index (χ4v) is 6.86. The number of fused-ring (bicyclic) bond motifs is 1. The molecule has 0 bridgehead atoms. The third kappa shape index (κ3) is 4.60. The number of rotatable bonds is 4. The molecule has 1 aliphatic carbocycles. The first-order valence-electron chi connectivity index (χ1n) is 12.2. The molecular weight excluding hydrogens is 424 g/mol. The van der Waals surface area contributed by atoms with E-state index in [0.29, 0.717) is 24.3 Å². The van der Waals surface area contributed by atoms with E-state index in [1.54, 1.807) is 11.3 Å².